The Labute approximate surface area is 98.9 Å². The van der Waals surface area contributed by atoms with Crippen LogP contribution in [0.3, 0.4) is 0 Å². The van der Waals surface area contributed by atoms with Crippen molar-refractivity contribution in [2.75, 3.05) is 5.73 Å². The molecule has 2 aromatic carbocycles. The number of rotatable bonds is 3. The first-order valence-corrected chi connectivity index (χ1v) is 5.43. The Hall–Kier alpha value is -1.90. The molecule has 0 radical (unpaired) electrons. The molecule has 0 unspecified atom stereocenters. The van der Waals surface area contributed by atoms with E-state index in [1.165, 1.54) is 18.2 Å². The van der Waals surface area contributed by atoms with Gasteiger partial charge in [-0.15, -0.1) is 0 Å². The highest BCUT2D eigenvalue weighted by Gasteiger charge is 2.01. The van der Waals surface area contributed by atoms with Crippen molar-refractivity contribution < 1.29 is 8.78 Å². The fraction of sp³-hybridized carbons (Fsp3) is 0.143. The first-order valence-electron chi connectivity index (χ1n) is 5.43. The van der Waals surface area contributed by atoms with E-state index in [2.05, 4.69) is 0 Å². The molecular formula is C14H13F2N. The molecule has 0 amide bonds. The van der Waals surface area contributed by atoms with Crippen LogP contribution in [0.25, 0.3) is 0 Å². The van der Waals surface area contributed by atoms with Gasteiger partial charge < -0.3 is 5.73 Å². The smallest absolute Gasteiger partial charge is 0.146 e. The predicted molar refractivity (Wildman–Crippen MR) is 64.6 cm³/mol. The second-order valence-electron chi connectivity index (χ2n) is 3.99. The quantitative estimate of drug-likeness (QED) is 0.808. The Kier molecular flexibility index (Phi) is 3.38. The Bertz CT molecular complexity index is 523. The van der Waals surface area contributed by atoms with Crippen molar-refractivity contribution in [2.24, 2.45) is 0 Å². The summed E-state index contributed by atoms with van der Waals surface area (Å²) in [6.07, 6.45) is 1.43. The number of nitrogens with two attached hydrogens (primary N) is 1. The summed E-state index contributed by atoms with van der Waals surface area (Å²) in [5, 5.41) is 0. The Morgan fingerprint density at radius 3 is 2.24 bits per heavy atom. The molecule has 0 spiro atoms. The number of nitrogen functional groups attached to an aromatic ring is 1. The highest BCUT2D eigenvalue weighted by atomic mass is 19.1. The summed E-state index contributed by atoms with van der Waals surface area (Å²) in [7, 11) is 0. The van der Waals surface area contributed by atoms with Crippen molar-refractivity contribution in [3.8, 4) is 0 Å². The molecule has 0 heterocycles. The minimum atomic E-state index is -0.403. The van der Waals surface area contributed by atoms with Gasteiger partial charge >= 0.3 is 0 Å². The molecule has 0 saturated carbocycles. The Morgan fingerprint density at radius 2 is 1.59 bits per heavy atom. The number of aryl methyl sites for hydroxylation is 2. The van der Waals surface area contributed by atoms with Gasteiger partial charge in [-0.05, 0) is 48.2 Å². The molecule has 88 valence electrons. The van der Waals surface area contributed by atoms with Gasteiger partial charge in [-0.25, -0.2) is 8.78 Å². The standard InChI is InChI=1S/C14H13F2N/c15-12-3-1-2-10(8-12)4-5-11-6-7-13(16)14(17)9-11/h1-3,6-9H,4-5,17H2. The van der Waals surface area contributed by atoms with E-state index in [1.54, 1.807) is 18.2 Å². The van der Waals surface area contributed by atoms with E-state index in [0.717, 1.165) is 11.1 Å². The van der Waals surface area contributed by atoms with Crippen LogP contribution in [0.15, 0.2) is 42.5 Å². The lowest BCUT2D eigenvalue weighted by Gasteiger charge is -2.04. The van der Waals surface area contributed by atoms with Crippen LogP contribution in [0.1, 0.15) is 11.1 Å². The maximum absolute atomic E-state index is 12.9. The van der Waals surface area contributed by atoms with E-state index in [0.29, 0.717) is 12.8 Å². The third-order valence-electron chi connectivity index (χ3n) is 2.65. The van der Waals surface area contributed by atoms with Gasteiger partial charge in [0, 0.05) is 0 Å². The highest BCUT2D eigenvalue weighted by molar-refractivity contribution is 5.42. The molecule has 0 aliphatic carbocycles. The molecule has 2 rings (SSSR count). The van der Waals surface area contributed by atoms with Crippen LogP contribution in [0.5, 0.6) is 0 Å². The average Bonchev–Trinajstić information content (AvgIpc) is 2.31. The molecule has 0 aromatic heterocycles. The summed E-state index contributed by atoms with van der Waals surface area (Å²) >= 11 is 0. The molecule has 3 heteroatoms. The summed E-state index contributed by atoms with van der Waals surface area (Å²) in [6, 6.07) is 11.2. The van der Waals surface area contributed by atoms with E-state index in [1.807, 2.05) is 6.07 Å². The molecule has 0 aliphatic heterocycles. The molecule has 0 atom stereocenters. The third-order valence-corrected chi connectivity index (χ3v) is 2.65. The lowest BCUT2D eigenvalue weighted by atomic mass is 10.0. The first-order chi connectivity index (χ1) is 8.15. The van der Waals surface area contributed by atoms with Gasteiger partial charge in [0.25, 0.3) is 0 Å². The normalized spacial score (nSPS) is 10.5. The fourth-order valence-corrected chi connectivity index (χ4v) is 1.73. The second-order valence-corrected chi connectivity index (χ2v) is 3.99. The number of benzene rings is 2. The van der Waals surface area contributed by atoms with Crippen LogP contribution in [0.2, 0.25) is 0 Å². The van der Waals surface area contributed by atoms with Gasteiger partial charge in [-0.2, -0.15) is 0 Å². The van der Waals surface area contributed by atoms with Crippen LogP contribution in [-0.4, -0.2) is 0 Å². The lowest BCUT2D eigenvalue weighted by molar-refractivity contribution is 0.625. The highest BCUT2D eigenvalue weighted by Crippen LogP contribution is 2.14. The number of halogens is 2. The zero-order chi connectivity index (χ0) is 12.3. The zero-order valence-corrected chi connectivity index (χ0v) is 9.29. The number of anilines is 1. The molecule has 0 bridgehead atoms. The molecule has 0 saturated heterocycles. The maximum Gasteiger partial charge on any atom is 0.146 e. The van der Waals surface area contributed by atoms with E-state index in [4.69, 9.17) is 5.73 Å². The summed E-state index contributed by atoms with van der Waals surface area (Å²) in [5.41, 5.74) is 7.51. The van der Waals surface area contributed by atoms with Crippen LogP contribution < -0.4 is 5.73 Å². The lowest BCUT2D eigenvalue weighted by Crippen LogP contribution is -1.96. The second kappa shape index (κ2) is 4.95. The van der Waals surface area contributed by atoms with Crippen molar-refractivity contribution in [1.82, 2.24) is 0 Å². The third kappa shape index (κ3) is 3.03. The minimum absolute atomic E-state index is 0.154. The van der Waals surface area contributed by atoms with Gasteiger partial charge in [0.1, 0.15) is 11.6 Å². The van der Waals surface area contributed by atoms with E-state index in [-0.39, 0.29) is 11.5 Å². The van der Waals surface area contributed by atoms with Crippen LogP contribution in [-0.2, 0) is 12.8 Å². The van der Waals surface area contributed by atoms with Crippen molar-refractivity contribution in [1.29, 1.82) is 0 Å². The van der Waals surface area contributed by atoms with Crippen LogP contribution in [0, 0.1) is 11.6 Å². The Balaban J connectivity index is 2.05. The molecular weight excluding hydrogens is 220 g/mol. The van der Waals surface area contributed by atoms with E-state index in [9.17, 15) is 8.78 Å². The zero-order valence-electron chi connectivity index (χ0n) is 9.29. The van der Waals surface area contributed by atoms with Crippen molar-refractivity contribution in [3.63, 3.8) is 0 Å². The topological polar surface area (TPSA) is 26.0 Å². The monoisotopic (exact) mass is 233 g/mol. The molecule has 2 aromatic rings. The average molecular weight is 233 g/mol. The Morgan fingerprint density at radius 1 is 0.882 bits per heavy atom. The number of hydrogen-bond acceptors (Lipinski definition) is 1. The van der Waals surface area contributed by atoms with Gasteiger partial charge in [0.05, 0.1) is 5.69 Å². The van der Waals surface area contributed by atoms with Crippen LogP contribution in [0.4, 0.5) is 14.5 Å². The summed E-state index contributed by atoms with van der Waals surface area (Å²) in [6.45, 7) is 0. The molecule has 2 N–H and O–H groups in total. The van der Waals surface area contributed by atoms with Gasteiger partial charge in [0.15, 0.2) is 0 Å². The molecule has 17 heavy (non-hydrogen) atoms. The van der Waals surface area contributed by atoms with Crippen molar-refractivity contribution in [3.05, 3.63) is 65.2 Å². The van der Waals surface area contributed by atoms with E-state index >= 15 is 0 Å². The summed E-state index contributed by atoms with van der Waals surface area (Å²) in [5.74, 6) is -0.638. The van der Waals surface area contributed by atoms with Gasteiger partial charge in [-0.3, -0.25) is 0 Å². The predicted octanol–water partition coefficient (Wildman–Crippen LogP) is 3.33. The largest absolute Gasteiger partial charge is 0.396 e. The maximum atomic E-state index is 12.9. The molecule has 0 fully saturated rings. The SMILES string of the molecule is Nc1cc(CCc2cccc(F)c2)ccc1F. The summed E-state index contributed by atoms with van der Waals surface area (Å²) in [4.78, 5) is 0. The number of hydrogen-bond donors (Lipinski definition) is 1. The summed E-state index contributed by atoms with van der Waals surface area (Å²) < 4.78 is 25.9. The van der Waals surface area contributed by atoms with Gasteiger partial charge in [0.2, 0.25) is 0 Å². The van der Waals surface area contributed by atoms with Crippen molar-refractivity contribution >= 4 is 5.69 Å². The van der Waals surface area contributed by atoms with Crippen LogP contribution >= 0.6 is 0 Å². The fourth-order valence-electron chi connectivity index (χ4n) is 1.73. The van der Waals surface area contributed by atoms with E-state index < -0.39 is 5.82 Å². The minimum Gasteiger partial charge on any atom is -0.396 e. The van der Waals surface area contributed by atoms with Crippen molar-refractivity contribution in [2.45, 2.75) is 12.8 Å². The molecule has 1 nitrogen and oxygen atoms in total. The van der Waals surface area contributed by atoms with Gasteiger partial charge in [-0.1, -0.05) is 18.2 Å². The molecule has 0 aliphatic rings. The first kappa shape index (κ1) is 11.6.